The van der Waals surface area contributed by atoms with E-state index in [-0.39, 0.29) is 0 Å². The predicted octanol–water partition coefficient (Wildman–Crippen LogP) is 1.83. The quantitative estimate of drug-likeness (QED) is 0.898. The zero-order valence-electron chi connectivity index (χ0n) is 8.11. The highest BCUT2D eigenvalue weighted by atomic mass is 79.9. The van der Waals surface area contributed by atoms with Crippen LogP contribution in [0, 0.1) is 5.92 Å². The molecular formula is C9H14BrN3O. The highest BCUT2D eigenvalue weighted by molar-refractivity contribution is 9.10. The van der Waals surface area contributed by atoms with Crippen LogP contribution in [0.3, 0.4) is 0 Å². The number of nitrogens with two attached hydrogens (primary N) is 1. The minimum atomic E-state index is 0.297. The number of halogens is 1. The number of anilines is 1. The van der Waals surface area contributed by atoms with Gasteiger partial charge in [0.25, 0.3) is 0 Å². The van der Waals surface area contributed by atoms with Crippen LogP contribution in [0.15, 0.2) is 10.7 Å². The molecule has 0 spiro atoms. The van der Waals surface area contributed by atoms with Crippen LogP contribution in [0.4, 0.5) is 5.82 Å². The van der Waals surface area contributed by atoms with Crippen molar-refractivity contribution in [2.45, 2.75) is 18.9 Å². The van der Waals surface area contributed by atoms with E-state index in [4.69, 9.17) is 10.5 Å². The molecule has 4 nitrogen and oxygen atoms in total. The van der Waals surface area contributed by atoms with E-state index < -0.39 is 0 Å². The Bertz CT molecular complexity index is 322. The molecule has 14 heavy (non-hydrogen) atoms. The Morgan fingerprint density at radius 2 is 2.50 bits per heavy atom. The summed E-state index contributed by atoms with van der Waals surface area (Å²) in [4.78, 5) is 0. The Morgan fingerprint density at radius 1 is 1.79 bits per heavy atom. The largest absolute Gasteiger partial charge is 0.383 e. The zero-order chi connectivity index (χ0) is 10.1. The van der Waals surface area contributed by atoms with Crippen LogP contribution in [0.2, 0.25) is 0 Å². The van der Waals surface area contributed by atoms with Crippen molar-refractivity contribution in [1.82, 2.24) is 9.78 Å². The highest BCUT2D eigenvalue weighted by Gasteiger charge is 2.34. The lowest BCUT2D eigenvalue weighted by Crippen LogP contribution is -2.19. The molecule has 0 radical (unpaired) electrons. The minimum absolute atomic E-state index is 0.297. The first kappa shape index (κ1) is 9.98. The Balaban J connectivity index is 2.20. The average Bonchev–Trinajstić information content (AvgIpc) is 2.94. The molecule has 1 aliphatic rings. The fourth-order valence-electron chi connectivity index (χ4n) is 1.67. The van der Waals surface area contributed by atoms with Crippen LogP contribution in [0.1, 0.15) is 18.9 Å². The second-order valence-corrected chi connectivity index (χ2v) is 4.54. The summed E-state index contributed by atoms with van der Waals surface area (Å²) in [5, 5.41) is 4.26. The Morgan fingerprint density at radius 3 is 2.93 bits per heavy atom. The third kappa shape index (κ3) is 1.79. The third-order valence-corrected chi connectivity index (χ3v) is 3.22. The highest BCUT2D eigenvalue weighted by Crippen LogP contribution is 2.41. The van der Waals surface area contributed by atoms with E-state index in [1.165, 1.54) is 12.8 Å². The third-order valence-electron chi connectivity index (χ3n) is 2.60. The van der Waals surface area contributed by atoms with E-state index in [0.29, 0.717) is 24.4 Å². The standard InChI is InChI=1S/C9H14BrN3O/c1-14-5-8(6-2-3-6)13-9(11)7(10)4-12-13/h4,6,8H,2-3,5,11H2,1H3. The van der Waals surface area contributed by atoms with E-state index >= 15 is 0 Å². The SMILES string of the molecule is COCC(C1CC1)n1ncc(Br)c1N. The Kier molecular flexibility index (Phi) is 2.78. The monoisotopic (exact) mass is 259 g/mol. The summed E-state index contributed by atoms with van der Waals surface area (Å²) in [5.41, 5.74) is 5.90. The number of aromatic nitrogens is 2. The second-order valence-electron chi connectivity index (χ2n) is 3.68. The van der Waals surface area contributed by atoms with Crippen molar-refractivity contribution in [1.29, 1.82) is 0 Å². The van der Waals surface area contributed by atoms with Gasteiger partial charge in [-0.1, -0.05) is 0 Å². The van der Waals surface area contributed by atoms with Crippen molar-refractivity contribution >= 4 is 21.7 Å². The van der Waals surface area contributed by atoms with Gasteiger partial charge in [-0.2, -0.15) is 5.10 Å². The summed E-state index contributed by atoms with van der Waals surface area (Å²) in [7, 11) is 1.71. The molecule has 0 aromatic carbocycles. The molecule has 78 valence electrons. The smallest absolute Gasteiger partial charge is 0.136 e. The van der Waals surface area contributed by atoms with Crippen molar-refractivity contribution < 1.29 is 4.74 Å². The number of hydrogen-bond acceptors (Lipinski definition) is 3. The number of ether oxygens (including phenoxy) is 1. The summed E-state index contributed by atoms with van der Waals surface area (Å²) < 4.78 is 7.92. The van der Waals surface area contributed by atoms with E-state index in [1.54, 1.807) is 13.3 Å². The number of methoxy groups -OCH3 is 1. The van der Waals surface area contributed by atoms with Crippen LogP contribution in [-0.4, -0.2) is 23.5 Å². The second kappa shape index (κ2) is 3.90. The predicted molar refractivity (Wildman–Crippen MR) is 58.0 cm³/mol. The summed E-state index contributed by atoms with van der Waals surface area (Å²) >= 11 is 3.36. The molecule has 1 atom stereocenters. The van der Waals surface area contributed by atoms with Gasteiger partial charge in [-0.25, -0.2) is 4.68 Å². The maximum atomic E-state index is 5.90. The van der Waals surface area contributed by atoms with Crippen molar-refractivity contribution in [3.63, 3.8) is 0 Å². The molecule has 1 aliphatic carbocycles. The van der Waals surface area contributed by atoms with Crippen molar-refractivity contribution in [3.05, 3.63) is 10.7 Å². The molecule has 0 saturated heterocycles. The minimum Gasteiger partial charge on any atom is -0.383 e. The molecule has 1 unspecified atom stereocenters. The molecule has 2 rings (SSSR count). The molecule has 1 saturated carbocycles. The van der Waals surface area contributed by atoms with Gasteiger partial charge in [0, 0.05) is 7.11 Å². The van der Waals surface area contributed by atoms with Crippen LogP contribution < -0.4 is 5.73 Å². The van der Waals surface area contributed by atoms with Gasteiger partial charge in [0.05, 0.1) is 23.3 Å². The van der Waals surface area contributed by atoms with Crippen molar-refractivity contribution in [2.24, 2.45) is 5.92 Å². The van der Waals surface area contributed by atoms with Crippen LogP contribution in [-0.2, 0) is 4.74 Å². The number of hydrogen-bond donors (Lipinski definition) is 1. The summed E-state index contributed by atoms with van der Waals surface area (Å²) in [6.45, 7) is 0.684. The van der Waals surface area contributed by atoms with Gasteiger partial charge in [0.1, 0.15) is 5.82 Å². The maximum Gasteiger partial charge on any atom is 0.136 e. The number of rotatable bonds is 4. The fraction of sp³-hybridized carbons (Fsp3) is 0.667. The van der Waals surface area contributed by atoms with Gasteiger partial charge in [-0.05, 0) is 34.7 Å². The van der Waals surface area contributed by atoms with Gasteiger partial charge in [-0.3, -0.25) is 0 Å². The summed E-state index contributed by atoms with van der Waals surface area (Å²) in [6, 6.07) is 0.297. The van der Waals surface area contributed by atoms with Gasteiger partial charge in [-0.15, -0.1) is 0 Å². The Labute approximate surface area is 91.5 Å². The molecule has 1 fully saturated rings. The molecule has 0 bridgehead atoms. The first-order valence-corrected chi connectivity index (χ1v) is 5.50. The normalized spacial score (nSPS) is 18.4. The van der Waals surface area contributed by atoms with Gasteiger partial charge >= 0.3 is 0 Å². The number of nitrogens with zero attached hydrogens (tertiary/aromatic N) is 2. The van der Waals surface area contributed by atoms with Crippen LogP contribution >= 0.6 is 15.9 Å². The van der Waals surface area contributed by atoms with E-state index in [0.717, 1.165) is 4.47 Å². The van der Waals surface area contributed by atoms with Gasteiger partial charge < -0.3 is 10.5 Å². The maximum absolute atomic E-state index is 5.90. The van der Waals surface area contributed by atoms with Crippen molar-refractivity contribution in [2.75, 3.05) is 19.5 Å². The lowest BCUT2D eigenvalue weighted by Gasteiger charge is -2.17. The van der Waals surface area contributed by atoms with Crippen LogP contribution in [0.25, 0.3) is 0 Å². The fourth-order valence-corrected chi connectivity index (χ4v) is 1.95. The average molecular weight is 260 g/mol. The lowest BCUT2D eigenvalue weighted by atomic mass is 10.2. The van der Waals surface area contributed by atoms with E-state index in [1.807, 2.05) is 4.68 Å². The lowest BCUT2D eigenvalue weighted by molar-refractivity contribution is 0.140. The molecular weight excluding hydrogens is 246 g/mol. The topological polar surface area (TPSA) is 53.1 Å². The zero-order valence-corrected chi connectivity index (χ0v) is 9.70. The van der Waals surface area contributed by atoms with Crippen LogP contribution in [0.5, 0.6) is 0 Å². The van der Waals surface area contributed by atoms with Gasteiger partial charge in [0.15, 0.2) is 0 Å². The molecule has 1 aromatic heterocycles. The molecule has 2 N–H and O–H groups in total. The Hall–Kier alpha value is -0.550. The van der Waals surface area contributed by atoms with E-state index in [9.17, 15) is 0 Å². The molecule has 0 aliphatic heterocycles. The van der Waals surface area contributed by atoms with Crippen molar-refractivity contribution in [3.8, 4) is 0 Å². The molecule has 1 heterocycles. The molecule has 5 heteroatoms. The first-order chi connectivity index (χ1) is 6.74. The molecule has 1 aromatic rings. The number of nitrogen functional groups attached to an aromatic ring is 1. The molecule has 0 amide bonds. The van der Waals surface area contributed by atoms with E-state index in [2.05, 4.69) is 21.0 Å². The first-order valence-electron chi connectivity index (χ1n) is 4.71. The van der Waals surface area contributed by atoms with Gasteiger partial charge in [0.2, 0.25) is 0 Å². The summed E-state index contributed by atoms with van der Waals surface area (Å²) in [6.07, 6.45) is 4.25. The summed E-state index contributed by atoms with van der Waals surface area (Å²) in [5.74, 6) is 1.38.